The number of benzene rings is 1. The van der Waals surface area contributed by atoms with Crippen LogP contribution in [0.2, 0.25) is 0 Å². The fourth-order valence-electron chi connectivity index (χ4n) is 1.23. The number of aliphatic imine (C=N–C) groups is 1. The fraction of sp³-hybridized carbons (Fsp3) is 0.167. The van der Waals surface area contributed by atoms with Crippen molar-refractivity contribution in [2.75, 3.05) is 6.26 Å². The van der Waals surface area contributed by atoms with Gasteiger partial charge in [-0.15, -0.1) is 11.8 Å². The van der Waals surface area contributed by atoms with Gasteiger partial charge in [0, 0.05) is 10.6 Å². The van der Waals surface area contributed by atoms with E-state index in [0.29, 0.717) is 17.9 Å². The third-order valence-electron chi connectivity index (χ3n) is 1.90. The van der Waals surface area contributed by atoms with E-state index in [9.17, 15) is 4.79 Å². The van der Waals surface area contributed by atoms with E-state index in [0.717, 1.165) is 10.6 Å². The minimum atomic E-state index is 0.432. The molecule has 4 nitrogen and oxygen atoms in total. The number of rotatable bonds is 4. The first kappa shape index (κ1) is 13.3. The van der Waals surface area contributed by atoms with Crippen LogP contribution in [0.15, 0.2) is 45.9 Å². The molecule has 1 aromatic rings. The van der Waals surface area contributed by atoms with Crippen molar-refractivity contribution in [1.82, 2.24) is 5.32 Å². The standard InChI is InChI=1S/C12H15N3OS/c1-9(13)7-12(14-8-16)15-10-5-3-4-6-11(10)17-2/h3-8H,13H2,1-2H3,(H,14,15,16). The summed E-state index contributed by atoms with van der Waals surface area (Å²) in [6.07, 6.45) is 4.18. The maximum Gasteiger partial charge on any atom is 0.212 e. The van der Waals surface area contributed by atoms with Gasteiger partial charge >= 0.3 is 0 Å². The highest BCUT2D eigenvalue weighted by molar-refractivity contribution is 7.98. The summed E-state index contributed by atoms with van der Waals surface area (Å²) >= 11 is 1.60. The number of amidine groups is 1. The zero-order valence-corrected chi connectivity index (χ0v) is 10.6. The smallest absolute Gasteiger partial charge is 0.212 e. The molecule has 0 radical (unpaired) electrons. The highest BCUT2D eigenvalue weighted by Crippen LogP contribution is 2.27. The summed E-state index contributed by atoms with van der Waals surface area (Å²) in [4.78, 5) is 15.9. The van der Waals surface area contributed by atoms with Crippen LogP contribution in [-0.4, -0.2) is 18.5 Å². The summed E-state index contributed by atoms with van der Waals surface area (Å²) in [5, 5.41) is 2.52. The molecule has 0 spiro atoms. The zero-order valence-electron chi connectivity index (χ0n) is 9.81. The molecule has 0 fully saturated rings. The van der Waals surface area contributed by atoms with Crippen molar-refractivity contribution >= 4 is 29.7 Å². The van der Waals surface area contributed by atoms with Crippen molar-refractivity contribution in [2.24, 2.45) is 10.7 Å². The monoisotopic (exact) mass is 249 g/mol. The van der Waals surface area contributed by atoms with Gasteiger partial charge in [0.2, 0.25) is 6.41 Å². The predicted molar refractivity (Wildman–Crippen MR) is 72.5 cm³/mol. The van der Waals surface area contributed by atoms with E-state index in [1.54, 1.807) is 24.8 Å². The molecule has 0 aliphatic heterocycles. The lowest BCUT2D eigenvalue weighted by atomic mass is 10.3. The van der Waals surface area contributed by atoms with Gasteiger partial charge in [-0.25, -0.2) is 4.99 Å². The average molecular weight is 249 g/mol. The molecular weight excluding hydrogens is 234 g/mol. The Labute approximate surface area is 105 Å². The van der Waals surface area contributed by atoms with Gasteiger partial charge in [-0.2, -0.15) is 0 Å². The van der Waals surface area contributed by atoms with E-state index in [4.69, 9.17) is 5.73 Å². The summed E-state index contributed by atoms with van der Waals surface area (Å²) in [5.41, 5.74) is 6.96. The van der Waals surface area contributed by atoms with Crippen LogP contribution in [0.4, 0.5) is 5.69 Å². The summed E-state index contributed by atoms with van der Waals surface area (Å²) in [6, 6.07) is 7.71. The number of carbonyl (C=O) groups excluding carboxylic acids is 1. The molecule has 1 aromatic carbocycles. The first-order valence-electron chi connectivity index (χ1n) is 5.03. The SMILES string of the molecule is CSc1ccccc1N=C(C=C(C)N)NC=O. The number of para-hydroxylation sites is 1. The Kier molecular flexibility index (Phi) is 5.29. The highest BCUT2D eigenvalue weighted by Gasteiger charge is 2.00. The molecule has 0 heterocycles. The molecule has 0 atom stereocenters. The molecule has 0 aliphatic rings. The second kappa shape index (κ2) is 6.75. The van der Waals surface area contributed by atoms with Crippen molar-refractivity contribution in [3.05, 3.63) is 36.0 Å². The molecule has 5 heteroatoms. The number of hydrogen-bond donors (Lipinski definition) is 2. The molecule has 90 valence electrons. The van der Waals surface area contributed by atoms with Gasteiger partial charge in [0.25, 0.3) is 0 Å². The summed E-state index contributed by atoms with van der Waals surface area (Å²) in [6.45, 7) is 1.74. The molecule has 0 saturated heterocycles. The van der Waals surface area contributed by atoms with Crippen LogP contribution in [0.25, 0.3) is 0 Å². The zero-order chi connectivity index (χ0) is 12.7. The number of allylic oxidation sites excluding steroid dienone is 1. The normalized spacial score (nSPS) is 12.4. The summed E-state index contributed by atoms with van der Waals surface area (Å²) in [7, 11) is 0. The largest absolute Gasteiger partial charge is 0.402 e. The molecule has 0 saturated carbocycles. The van der Waals surface area contributed by atoms with Crippen molar-refractivity contribution in [2.45, 2.75) is 11.8 Å². The maximum atomic E-state index is 10.5. The minimum absolute atomic E-state index is 0.432. The molecule has 0 unspecified atom stereocenters. The van der Waals surface area contributed by atoms with E-state index < -0.39 is 0 Å². The van der Waals surface area contributed by atoms with Crippen LogP contribution in [-0.2, 0) is 4.79 Å². The molecule has 1 rings (SSSR count). The number of hydrogen-bond acceptors (Lipinski definition) is 4. The van der Waals surface area contributed by atoms with Gasteiger partial charge in [-0.1, -0.05) is 12.1 Å². The third-order valence-corrected chi connectivity index (χ3v) is 2.68. The molecule has 3 N–H and O–H groups in total. The van der Waals surface area contributed by atoms with Gasteiger partial charge in [-0.3, -0.25) is 4.79 Å². The Morgan fingerprint density at radius 3 is 2.76 bits per heavy atom. The van der Waals surface area contributed by atoms with Gasteiger partial charge in [0.1, 0.15) is 5.84 Å². The van der Waals surface area contributed by atoms with Crippen LogP contribution in [0.1, 0.15) is 6.92 Å². The molecule has 0 aliphatic carbocycles. The second-order valence-corrected chi connectivity index (χ2v) is 4.17. The summed E-state index contributed by atoms with van der Waals surface area (Å²) < 4.78 is 0. The Bertz CT molecular complexity index is 451. The first-order chi connectivity index (χ1) is 8.17. The van der Waals surface area contributed by atoms with Crippen molar-refractivity contribution in [3.63, 3.8) is 0 Å². The van der Waals surface area contributed by atoms with E-state index in [1.807, 2.05) is 30.5 Å². The lowest BCUT2D eigenvalue weighted by Crippen LogP contribution is -2.20. The number of nitrogens with zero attached hydrogens (tertiary/aromatic N) is 1. The van der Waals surface area contributed by atoms with Gasteiger partial charge in [-0.05, 0) is 31.4 Å². The second-order valence-electron chi connectivity index (χ2n) is 3.32. The topological polar surface area (TPSA) is 67.5 Å². The van der Waals surface area contributed by atoms with Crippen LogP contribution in [0.3, 0.4) is 0 Å². The van der Waals surface area contributed by atoms with Gasteiger partial charge in [0.05, 0.1) is 5.69 Å². The number of nitrogens with one attached hydrogen (secondary N) is 1. The lowest BCUT2D eigenvalue weighted by molar-refractivity contribution is -0.108. The van der Waals surface area contributed by atoms with Crippen LogP contribution >= 0.6 is 11.8 Å². The number of amides is 1. The third kappa shape index (κ3) is 4.32. The van der Waals surface area contributed by atoms with Gasteiger partial charge < -0.3 is 11.1 Å². The van der Waals surface area contributed by atoms with Crippen molar-refractivity contribution < 1.29 is 4.79 Å². The molecule has 0 aromatic heterocycles. The van der Waals surface area contributed by atoms with E-state index in [-0.39, 0.29) is 0 Å². The number of nitrogens with two attached hydrogens (primary N) is 1. The molecular formula is C12H15N3OS. The van der Waals surface area contributed by atoms with E-state index in [1.165, 1.54) is 0 Å². The Morgan fingerprint density at radius 1 is 1.47 bits per heavy atom. The van der Waals surface area contributed by atoms with E-state index in [2.05, 4.69) is 10.3 Å². The maximum absolute atomic E-state index is 10.5. The number of thioether (sulfide) groups is 1. The Hall–Kier alpha value is -1.75. The van der Waals surface area contributed by atoms with Crippen molar-refractivity contribution in [3.8, 4) is 0 Å². The fourth-order valence-corrected chi connectivity index (χ4v) is 1.77. The quantitative estimate of drug-likeness (QED) is 0.371. The van der Waals surface area contributed by atoms with Crippen molar-refractivity contribution in [1.29, 1.82) is 0 Å². The van der Waals surface area contributed by atoms with Crippen LogP contribution in [0.5, 0.6) is 0 Å². The predicted octanol–water partition coefficient (Wildman–Crippen LogP) is 2.05. The van der Waals surface area contributed by atoms with E-state index >= 15 is 0 Å². The number of carbonyl (C=O) groups is 1. The Morgan fingerprint density at radius 2 is 2.18 bits per heavy atom. The van der Waals surface area contributed by atoms with Gasteiger partial charge in [0.15, 0.2) is 0 Å². The molecule has 0 bridgehead atoms. The minimum Gasteiger partial charge on any atom is -0.402 e. The first-order valence-corrected chi connectivity index (χ1v) is 6.25. The average Bonchev–Trinajstić information content (AvgIpc) is 2.29. The Balaban J connectivity index is 3.11. The summed E-state index contributed by atoms with van der Waals surface area (Å²) in [5.74, 6) is 0.432. The van der Waals surface area contributed by atoms with Crippen LogP contribution < -0.4 is 11.1 Å². The lowest BCUT2D eigenvalue weighted by Gasteiger charge is -2.04. The highest BCUT2D eigenvalue weighted by atomic mass is 32.2. The van der Waals surface area contributed by atoms with Crippen LogP contribution in [0, 0.1) is 0 Å². The molecule has 17 heavy (non-hydrogen) atoms. The molecule has 1 amide bonds.